The Balaban J connectivity index is 2.04. The lowest BCUT2D eigenvalue weighted by atomic mass is 10.1. The van der Waals surface area contributed by atoms with Gasteiger partial charge in [0.15, 0.2) is 5.13 Å². The monoisotopic (exact) mass is 328 g/mol. The summed E-state index contributed by atoms with van der Waals surface area (Å²) in [6.45, 7) is 1.97. The molecule has 1 N–H and O–H groups in total. The van der Waals surface area contributed by atoms with Crippen LogP contribution >= 0.6 is 34.5 Å². The van der Waals surface area contributed by atoms with Crippen LogP contribution in [0, 0.1) is 0 Å². The molecule has 0 atom stereocenters. The summed E-state index contributed by atoms with van der Waals surface area (Å²) in [7, 11) is 0. The van der Waals surface area contributed by atoms with Crippen molar-refractivity contribution >= 4 is 45.6 Å². The van der Waals surface area contributed by atoms with Gasteiger partial charge >= 0.3 is 0 Å². The molecule has 0 spiro atoms. The van der Waals surface area contributed by atoms with Crippen LogP contribution in [0.15, 0.2) is 24.4 Å². The number of halogens is 2. The van der Waals surface area contributed by atoms with Gasteiger partial charge in [-0.15, -0.1) is 11.3 Å². The van der Waals surface area contributed by atoms with Crippen LogP contribution in [0.1, 0.15) is 30.2 Å². The van der Waals surface area contributed by atoms with Crippen LogP contribution in [0.3, 0.4) is 0 Å². The molecule has 0 fully saturated rings. The lowest BCUT2D eigenvalue weighted by Gasteiger charge is -2.02. The SMILES string of the molecule is CCCC(=O)Nc1ncc(Cc2ccc(Cl)cc2Cl)s1. The van der Waals surface area contributed by atoms with Crippen molar-refractivity contribution in [3.8, 4) is 0 Å². The van der Waals surface area contributed by atoms with E-state index in [0.717, 1.165) is 16.9 Å². The highest BCUT2D eigenvalue weighted by atomic mass is 35.5. The number of thiazole rings is 1. The van der Waals surface area contributed by atoms with Crippen LogP contribution in [0.25, 0.3) is 0 Å². The summed E-state index contributed by atoms with van der Waals surface area (Å²) in [4.78, 5) is 16.7. The van der Waals surface area contributed by atoms with Crippen LogP contribution in [0.4, 0.5) is 5.13 Å². The van der Waals surface area contributed by atoms with Crippen molar-refractivity contribution in [3.05, 3.63) is 44.9 Å². The smallest absolute Gasteiger partial charge is 0.226 e. The summed E-state index contributed by atoms with van der Waals surface area (Å²) in [5, 5.41) is 4.68. The molecule has 1 aromatic carbocycles. The molecule has 1 aromatic heterocycles. The summed E-state index contributed by atoms with van der Waals surface area (Å²) < 4.78 is 0. The Morgan fingerprint density at radius 3 is 2.90 bits per heavy atom. The Labute approximate surface area is 131 Å². The molecule has 20 heavy (non-hydrogen) atoms. The fourth-order valence-corrected chi connectivity index (χ4v) is 3.04. The first kappa shape index (κ1) is 15.3. The van der Waals surface area contributed by atoms with Crippen LogP contribution in [0.2, 0.25) is 10.0 Å². The average molecular weight is 329 g/mol. The highest BCUT2D eigenvalue weighted by molar-refractivity contribution is 7.15. The van der Waals surface area contributed by atoms with Gasteiger partial charge in [0.2, 0.25) is 5.91 Å². The van der Waals surface area contributed by atoms with Gasteiger partial charge in [-0.1, -0.05) is 36.2 Å². The second-order valence-electron chi connectivity index (χ2n) is 4.34. The number of hydrogen-bond donors (Lipinski definition) is 1. The van der Waals surface area contributed by atoms with Gasteiger partial charge in [0.05, 0.1) is 0 Å². The van der Waals surface area contributed by atoms with Crippen molar-refractivity contribution in [2.24, 2.45) is 0 Å². The van der Waals surface area contributed by atoms with E-state index in [9.17, 15) is 4.79 Å². The third kappa shape index (κ3) is 4.20. The minimum Gasteiger partial charge on any atom is -0.302 e. The van der Waals surface area contributed by atoms with Crippen molar-refractivity contribution in [2.45, 2.75) is 26.2 Å². The number of benzene rings is 1. The Morgan fingerprint density at radius 1 is 1.40 bits per heavy atom. The number of carbonyl (C=O) groups excluding carboxylic acids is 1. The largest absolute Gasteiger partial charge is 0.302 e. The van der Waals surface area contributed by atoms with E-state index in [1.54, 1.807) is 12.3 Å². The molecule has 1 amide bonds. The summed E-state index contributed by atoms with van der Waals surface area (Å²) >= 11 is 13.5. The van der Waals surface area contributed by atoms with Gasteiger partial charge < -0.3 is 5.32 Å². The van der Waals surface area contributed by atoms with Crippen molar-refractivity contribution in [1.82, 2.24) is 4.98 Å². The predicted octanol–water partition coefficient (Wildman–Crippen LogP) is 4.78. The quantitative estimate of drug-likeness (QED) is 0.858. The van der Waals surface area contributed by atoms with E-state index in [2.05, 4.69) is 10.3 Å². The van der Waals surface area contributed by atoms with Crippen LogP contribution in [-0.4, -0.2) is 10.9 Å². The lowest BCUT2D eigenvalue weighted by molar-refractivity contribution is -0.116. The van der Waals surface area contributed by atoms with Crippen molar-refractivity contribution in [2.75, 3.05) is 5.32 Å². The van der Waals surface area contributed by atoms with Gasteiger partial charge in [0.1, 0.15) is 0 Å². The second kappa shape index (κ2) is 7.07. The molecule has 2 aromatic rings. The summed E-state index contributed by atoms with van der Waals surface area (Å²) in [5.41, 5.74) is 0.992. The fraction of sp³-hybridized carbons (Fsp3) is 0.286. The standard InChI is InChI=1S/C14H14Cl2N2OS/c1-2-3-13(19)18-14-17-8-11(20-14)6-9-4-5-10(15)7-12(9)16/h4-5,7-8H,2-3,6H2,1H3,(H,17,18,19). The fourth-order valence-electron chi connectivity index (χ4n) is 1.71. The number of aromatic nitrogens is 1. The zero-order chi connectivity index (χ0) is 14.5. The number of carbonyl (C=O) groups is 1. The average Bonchev–Trinajstić information content (AvgIpc) is 2.80. The maximum absolute atomic E-state index is 11.5. The number of anilines is 1. The molecule has 0 aliphatic carbocycles. The zero-order valence-corrected chi connectivity index (χ0v) is 13.3. The third-order valence-corrected chi connectivity index (χ3v) is 4.16. The van der Waals surface area contributed by atoms with Gasteiger partial charge in [0, 0.05) is 34.0 Å². The first-order valence-corrected chi connectivity index (χ1v) is 7.84. The molecule has 0 bridgehead atoms. The van der Waals surface area contributed by atoms with Gasteiger partial charge in [-0.05, 0) is 24.1 Å². The van der Waals surface area contributed by atoms with E-state index in [0.29, 0.717) is 28.0 Å². The minimum absolute atomic E-state index is 0.00192. The summed E-state index contributed by atoms with van der Waals surface area (Å²) in [6, 6.07) is 5.44. The van der Waals surface area contributed by atoms with Crippen molar-refractivity contribution in [1.29, 1.82) is 0 Å². The number of amides is 1. The van der Waals surface area contributed by atoms with E-state index in [4.69, 9.17) is 23.2 Å². The van der Waals surface area contributed by atoms with Crippen LogP contribution in [0.5, 0.6) is 0 Å². The second-order valence-corrected chi connectivity index (χ2v) is 6.30. The Bertz CT molecular complexity index is 613. The molecule has 0 saturated heterocycles. The highest BCUT2D eigenvalue weighted by Gasteiger charge is 2.08. The van der Waals surface area contributed by atoms with Gasteiger partial charge in [0.25, 0.3) is 0 Å². The molecule has 6 heteroatoms. The van der Waals surface area contributed by atoms with E-state index in [-0.39, 0.29) is 5.91 Å². The molecule has 0 unspecified atom stereocenters. The molecule has 0 saturated carbocycles. The molecule has 106 valence electrons. The number of nitrogens with zero attached hydrogens (tertiary/aromatic N) is 1. The Kier molecular flexibility index (Phi) is 5.40. The van der Waals surface area contributed by atoms with Gasteiger partial charge in [-0.2, -0.15) is 0 Å². The molecule has 3 nitrogen and oxygen atoms in total. The van der Waals surface area contributed by atoms with Crippen molar-refractivity contribution < 1.29 is 4.79 Å². The predicted molar refractivity (Wildman–Crippen MR) is 84.9 cm³/mol. The van der Waals surface area contributed by atoms with Crippen LogP contribution in [-0.2, 0) is 11.2 Å². The first-order chi connectivity index (χ1) is 9.58. The maximum atomic E-state index is 11.5. The van der Waals surface area contributed by atoms with Crippen LogP contribution < -0.4 is 5.32 Å². The normalized spacial score (nSPS) is 10.6. The number of hydrogen-bond acceptors (Lipinski definition) is 3. The van der Waals surface area contributed by atoms with E-state index < -0.39 is 0 Å². The molecule has 0 aliphatic heterocycles. The molecule has 0 aliphatic rings. The van der Waals surface area contributed by atoms with E-state index in [1.165, 1.54) is 11.3 Å². The molecular weight excluding hydrogens is 315 g/mol. The van der Waals surface area contributed by atoms with Gasteiger partial charge in [-0.3, -0.25) is 4.79 Å². The summed E-state index contributed by atoms with van der Waals surface area (Å²) in [6.07, 6.45) is 3.77. The minimum atomic E-state index is -0.00192. The highest BCUT2D eigenvalue weighted by Crippen LogP contribution is 2.26. The van der Waals surface area contributed by atoms with E-state index in [1.807, 2.05) is 19.1 Å². The molecule has 2 rings (SSSR count). The van der Waals surface area contributed by atoms with Gasteiger partial charge in [-0.25, -0.2) is 4.98 Å². The zero-order valence-electron chi connectivity index (χ0n) is 11.0. The third-order valence-electron chi connectivity index (χ3n) is 2.66. The van der Waals surface area contributed by atoms with E-state index >= 15 is 0 Å². The number of nitrogens with one attached hydrogen (secondary N) is 1. The molecule has 1 heterocycles. The summed E-state index contributed by atoms with van der Waals surface area (Å²) in [5.74, 6) is -0.00192. The van der Waals surface area contributed by atoms with Crippen molar-refractivity contribution in [3.63, 3.8) is 0 Å². The Morgan fingerprint density at radius 2 is 2.20 bits per heavy atom. The topological polar surface area (TPSA) is 42.0 Å². The first-order valence-electron chi connectivity index (χ1n) is 6.27. The number of rotatable bonds is 5. The maximum Gasteiger partial charge on any atom is 0.226 e. The lowest BCUT2D eigenvalue weighted by Crippen LogP contribution is -2.09. The Hall–Kier alpha value is -1.10. The molecule has 0 radical (unpaired) electrons. The molecular formula is C14H14Cl2N2OS.